The average Bonchev–Trinajstić information content (AvgIpc) is 2.01. The molecule has 0 aromatic carbocycles. The number of alkyl halides is 2. The van der Waals surface area contributed by atoms with Crippen LogP contribution in [0.1, 0.15) is 22.3 Å². The molecule has 0 bridgehead atoms. The van der Waals surface area contributed by atoms with Crippen molar-refractivity contribution < 1.29 is 18.0 Å². The maximum Gasteiger partial charge on any atom is 0.267 e. The number of pyridine rings is 1. The van der Waals surface area contributed by atoms with Gasteiger partial charge in [-0.25, -0.2) is 13.8 Å². The summed E-state index contributed by atoms with van der Waals surface area (Å²) in [4.78, 5) is 13.8. The third-order valence-corrected chi connectivity index (χ3v) is 2.07. The Bertz CT molecular complexity index is 383. The SMILES string of the molecule is NC(=O)c1cc(F)nc(Br)c1C(F)F. The predicted molar refractivity (Wildman–Crippen MR) is 45.4 cm³/mol. The molecule has 0 atom stereocenters. The fourth-order valence-corrected chi connectivity index (χ4v) is 1.46. The fraction of sp³-hybridized carbons (Fsp3) is 0.143. The van der Waals surface area contributed by atoms with Crippen LogP contribution in [0.15, 0.2) is 10.7 Å². The van der Waals surface area contributed by atoms with Gasteiger partial charge in [0.25, 0.3) is 6.43 Å². The van der Waals surface area contributed by atoms with Gasteiger partial charge in [-0.1, -0.05) is 0 Å². The number of amides is 1. The number of primary amides is 1. The second kappa shape index (κ2) is 3.95. The Morgan fingerprint density at radius 3 is 2.57 bits per heavy atom. The molecule has 76 valence electrons. The summed E-state index contributed by atoms with van der Waals surface area (Å²) < 4.78 is 37.0. The first-order chi connectivity index (χ1) is 6.43. The Hall–Kier alpha value is -1.11. The standard InChI is InChI=1S/C7H4BrF3N2O/c8-5-4(6(10)11)2(7(12)14)1-3(9)13-5/h1,6H,(H2,12,14). The van der Waals surface area contributed by atoms with Gasteiger partial charge >= 0.3 is 0 Å². The summed E-state index contributed by atoms with van der Waals surface area (Å²) in [5.74, 6) is -2.17. The highest BCUT2D eigenvalue weighted by Crippen LogP contribution is 2.29. The molecule has 1 amide bonds. The van der Waals surface area contributed by atoms with Crippen LogP contribution < -0.4 is 5.73 Å². The van der Waals surface area contributed by atoms with E-state index >= 15 is 0 Å². The van der Waals surface area contributed by atoms with E-state index in [1.807, 2.05) is 0 Å². The molecule has 0 aliphatic rings. The number of hydrogen-bond donors (Lipinski definition) is 1. The molecule has 0 saturated heterocycles. The molecule has 1 aromatic rings. The maximum atomic E-state index is 12.6. The van der Waals surface area contributed by atoms with Crippen molar-refractivity contribution in [2.75, 3.05) is 0 Å². The average molecular weight is 269 g/mol. The van der Waals surface area contributed by atoms with Crippen LogP contribution in [-0.4, -0.2) is 10.9 Å². The second-order valence-corrected chi connectivity index (χ2v) is 3.11. The lowest BCUT2D eigenvalue weighted by atomic mass is 10.1. The summed E-state index contributed by atoms with van der Waals surface area (Å²) in [6.45, 7) is 0. The van der Waals surface area contributed by atoms with Gasteiger partial charge in [0, 0.05) is 6.07 Å². The van der Waals surface area contributed by atoms with Gasteiger partial charge in [-0.05, 0) is 15.9 Å². The lowest BCUT2D eigenvalue weighted by Crippen LogP contribution is -2.15. The molecule has 1 rings (SSSR count). The first kappa shape index (κ1) is 11.0. The summed E-state index contributed by atoms with van der Waals surface area (Å²) in [5, 5.41) is 0. The van der Waals surface area contributed by atoms with E-state index < -0.39 is 34.0 Å². The third kappa shape index (κ3) is 2.03. The van der Waals surface area contributed by atoms with Gasteiger partial charge in [0.1, 0.15) is 4.60 Å². The molecule has 3 nitrogen and oxygen atoms in total. The number of aromatic nitrogens is 1. The monoisotopic (exact) mass is 268 g/mol. The summed E-state index contributed by atoms with van der Waals surface area (Å²) in [5.41, 5.74) is 3.54. The summed E-state index contributed by atoms with van der Waals surface area (Å²) in [6.07, 6.45) is -2.94. The molecule has 0 spiro atoms. The van der Waals surface area contributed by atoms with Crippen LogP contribution in [-0.2, 0) is 0 Å². The van der Waals surface area contributed by atoms with E-state index in [1.165, 1.54) is 0 Å². The highest BCUT2D eigenvalue weighted by Gasteiger charge is 2.22. The van der Waals surface area contributed by atoms with Crippen LogP contribution in [0.4, 0.5) is 13.2 Å². The molecule has 0 fully saturated rings. The minimum atomic E-state index is -2.94. The van der Waals surface area contributed by atoms with Crippen LogP contribution in [0.25, 0.3) is 0 Å². The summed E-state index contributed by atoms with van der Waals surface area (Å²) in [7, 11) is 0. The summed E-state index contributed by atoms with van der Waals surface area (Å²) in [6, 6.07) is 0.578. The molecule has 0 radical (unpaired) electrons. The zero-order chi connectivity index (χ0) is 10.9. The van der Waals surface area contributed by atoms with Crippen molar-refractivity contribution in [3.63, 3.8) is 0 Å². The lowest BCUT2D eigenvalue weighted by molar-refractivity contribution is 0.0984. The minimum absolute atomic E-state index is 0.415. The van der Waals surface area contributed by atoms with Gasteiger partial charge in [0.15, 0.2) is 0 Å². The van der Waals surface area contributed by atoms with E-state index in [0.29, 0.717) is 6.07 Å². The van der Waals surface area contributed by atoms with Gasteiger partial charge in [-0.3, -0.25) is 4.79 Å². The molecule has 14 heavy (non-hydrogen) atoms. The largest absolute Gasteiger partial charge is 0.366 e. The molecule has 2 N–H and O–H groups in total. The predicted octanol–water partition coefficient (Wildman–Crippen LogP) is 2.02. The van der Waals surface area contributed by atoms with Gasteiger partial charge in [-0.2, -0.15) is 4.39 Å². The molecule has 0 unspecified atom stereocenters. The number of nitrogens with two attached hydrogens (primary N) is 1. The number of carbonyl (C=O) groups is 1. The first-order valence-corrected chi connectivity index (χ1v) is 4.16. The van der Waals surface area contributed by atoms with Crippen molar-refractivity contribution >= 4 is 21.8 Å². The Morgan fingerprint density at radius 1 is 1.57 bits per heavy atom. The molecular weight excluding hydrogens is 265 g/mol. The van der Waals surface area contributed by atoms with E-state index in [-0.39, 0.29) is 0 Å². The number of hydrogen-bond acceptors (Lipinski definition) is 2. The first-order valence-electron chi connectivity index (χ1n) is 3.37. The van der Waals surface area contributed by atoms with Crippen molar-refractivity contribution in [2.45, 2.75) is 6.43 Å². The molecule has 0 saturated carbocycles. The Kier molecular flexibility index (Phi) is 3.10. The van der Waals surface area contributed by atoms with Crippen LogP contribution in [0.5, 0.6) is 0 Å². The third-order valence-electron chi connectivity index (χ3n) is 1.46. The van der Waals surface area contributed by atoms with Gasteiger partial charge < -0.3 is 5.73 Å². The Balaban J connectivity index is 3.44. The zero-order valence-corrected chi connectivity index (χ0v) is 8.19. The zero-order valence-electron chi connectivity index (χ0n) is 6.60. The van der Waals surface area contributed by atoms with E-state index in [2.05, 4.69) is 20.9 Å². The van der Waals surface area contributed by atoms with Crippen LogP contribution in [0.2, 0.25) is 0 Å². The van der Waals surface area contributed by atoms with E-state index in [9.17, 15) is 18.0 Å². The lowest BCUT2D eigenvalue weighted by Gasteiger charge is -2.07. The van der Waals surface area contributed by atoms with Crippen molar-refractivity contribution in [2.24, 2.45) is 5.73 Å². The van der Waals surface area contributed by atoms with Crippen LogP contribution in [0.3, 0.4) is 0 Å². The number of rotatable bonds is 2. The van der Waals surface area contributed by atoms with Gasteiger partial charge in [-0.15, -0.1) is 0 Å². The highest BCUT2D eigenvalue weighted by atomic mass is 79.9. The van der Waals surface area contributed by atoms with Crippen molar-refractivity contribution in [3.8, 4) is 0 Å². The number of nitrogens with zero attached hydrogens (tertiary/aromatic N) is 1. The molecule has 1 heterocycles. The molecular formula is C7H4BrF3N2O. The summed E-state index contributed by atoms with van der Waals surface area (Å²) >= 11 is 2.63. The topological polar surface area (TPSA) is 56.0 Å². The molecule has 1 aromatic heterocycles. The molecule has 7 heteroatoms. The quantitative estimate of drug-likeness (QED) is 0.835. The highest BCUT2D eigenvalue weighted by molar-refractivity contribution is 9.10. The van der Waals surface area contributed by atoms with Crippen molar-refractivity contribution in [1.29, 1.82) is 0 Å². The molecule has 0 aliphatic carbocycles. The Labute approximate surface area is 85.2 Å². The van der Waals surface area contributed by atoms with Gasteiger partial charge in [0.05, 0.1) is 11.1 Å². The number of halogens is 4. The smallest absolute Gasteiger partial charge is 0.267 e. The van der Waals surface area contributed by atoms with Crippen LogP contribution >= 0.6 is 15.9 Å². The minimum Gasteiger partial charge on any atom is -0.366 e. The molecule has 0 aliphatic heterocycles. The van der Waals surface area contributed by atoms with E-state index in [1.54, 1.807) is 0 Å². The van der Waals surface area contributed by atoms with Crippen molar-refractivity contribution in [1.82, 2.24) is 4.98 Å². The second-order valence-electron chi connectivity index (χ2n) is 2.36. The Morgan fingerprint density at radius 2 is 2.14 bits per heavy atom. The van der Waals surface area contributed by atoms with Crippen molar-refractivity contribution in [3.05, 3.63) is 27.7 Å². The normalized spacial score (nSPS) is 10.6. The van der Waals surface area contributed by atoms with Crippen LogP contribution in [0, 0.1) is 5.95 Å². The maximum absolute atomic E-state index is 12.6. The van der Waals surface area contributed by atoms with E-state index in [4.69, 9.17) is 5.73 Å². The number of carbonyl (C=O) groups excluding carboxylic acids is 1. The van der Waals surface area contributed by atoms with E-state index in [0.717, 1.165) is 0 Å². The fourth-order valence-electron chi connectivity index (χ4n) is 0.906. The van der Waals surface area contributed by atoms with Gasteiger partial charge in [0.2, 0.25) is 11.9 Å².